The number of carbonyl (C=O) groups excluding carboxylic acids is 1. The van der Waals surface area contributed by atoms with Gasteiger partial charge in [0.25, 0.3) is 15.9 Å². The highest BCUT2D eigenvalue weighted by atomic mass is 32.2. The van der Waals surface area contributed by atoms with E-state index in [0.717, 1.165) is 23.1 Å². The summed E-state index contributed by atoms with van der Waals surface area (Å²) in [4.78, 5) is 13.0. The molecule has 0 heterocycles. The lowest BCUT2D eigenvalue weighted by molar-refractivity contribution is 0.0940. The zero-order valence-corrected chi connectivity index (χ0v) is 19.1. The van der Waals surface area contributed by atoms with Crippen LogP contribution in [-0.2, 0) is 16.4 Å². The fourth-order valence-corrected chi connectivity index (χ4v) is 4.32. The highest BCUT2D eigenvalue weighted by Gasteiger charge is 2.17. The molecule has 0 radical (unpaired) electrons. The van der Waals surface area contributed by atoms with Gasteiger partial charge in [0.1, 0.15) is 0 Å². The first-order valence-electron chi connectivity index (χ1n) is 10.3. The number of rotatable bonds is 7. The molecule has 3 aromatic rings. The molecule has 0 spiro atoms. The van der Waals surface area contributed by atoms with Crippen LogP contribution in [0, 0.1) is 13.8 Å². The fourth-order valence-electron chi connectivity index (χ4n) is 3.20. The van der Waals surface area contributed by atoms with Crippen molar-refractivity contribution < 1.29 is 13.2 Å². The van der Waals surface area contributed by atoms with Crippen LogP contribution in [0.25, 0.3) is 0 Å². The zero-order chi connectivity index (χ0) is 22.6. The molecule has 5 nitrogen and oxygen atoms in total. The largest absolute Gasteiger partial charge is 0.346 e. The number of nitrogens with one attached hydrogen (secondary N) is 2. The van der Waals surface area contributed by atoms with Crippen molar-refractivity contribution in [1.29, 1.82) is 0 Å². The molecule has 0 bridgehead atoms. The van der Waals surface area contributed by atoms with E-state index < -0.39 is 10.0 Å². The SMILES string of the molecule is CCc1ccc(C(C)NC(=O)c2ccc(C)c(NS(=O)(=O)c3ccc(C)cc3)c2)cc1. The van der Waals surface area contributed by atoms with Crippen molar-refractivity contribution in [3.05, 3.63) is 94.5 Å². The Morgan fingerprint density at radius 1 is 0.935 bits per heavy atom. The Hall–Kier alpha value is -3.12. The Morgan fingerprint density at radius 2 is 1.58 bits per heavy atom. The third-order valence-corrected chi connectivity index (χ3v) is 6.69. The molecule has 0 aliphatic carbocycles. The third-order valence-electron chi connectivity index (χ3n) is 5.31. The Kier molecular flexibility index (Phi) is 6.81. The molecule has 3 rings (SSSR count). The molecule has 1 unspecified atom stereocenters. The number of anilines is 1. The number of hydrogen-bond acceptors (Lipinski definition) is 3. The van der Waals surface area contributed by atoms with Crippen LogP contribution in [0.2, 0.25) is 0 Å². The van der Waals surface area contributed by atoms with Gasteiger partial charge in [-0.05, 0) is 68.1 Å². The van der Waals surface area contributed by atoms with Crippen molar-refractivity contribution in [2.45, 2.75) is 45.1 Å². The van der Waals surface area contributed by atoms with Crippen LogP contribution in [0.5, 0.6) is 0 Å². The molecule has 0 aromatic heterocycles. The summed E-state index contributed by atoms with van der Waals surface area (Å²) in [5.74, 6) is -0.261. The van der Waals surface area contributed by atoms with Crippen molar-refractivity contribution >= 4 is 21.6 Å². The van der Waals surface area contributed by atoms with Gasteiger partial charge in [-0.1, -0.05) is 55.0 Å². The molecule has 1 atom stereocenters. The van der Waals surface area contributed by atoms with Gasteiger partial charge in [0.15, 0.2) is 0 Å². The van der Waals surface area contributed by atoms with Crippen LogP contribution < -0.4 is 10.0 Å². The van der Waals surface area contributed by atoms with E-state index in [0.29, 0.717) is 11.3 Å². The Balaban J connectivity index is 1.77. The van der Waals surface area contributed by atoms with Gasteiger partial charge in [0, 0.05) is 5.56 Å². The summed E-state index contributed by atoms with van der Waals surface area (Å²) in [6.45, 7) is 7.72. The number of sulfonamides is 1. The van der Waals surface area contributed by atoms with Gasteiger partial charge >= 0.3 is 0 Å². The minimum Gasteiger partial charge on any atom is -0.346 e. The molecule has 6 heteroatoms. The van der Waals surface area contributed by atoms with E-state index in [2.05, 4.69) is 29.1 Å². The average Bonchev–Trinajstić information content (AvgIpc) is 2.75. The van der Waals surface area contributed by atoms with Crippen LogP contribution in [0.4, 0.5) is 5.69 Å². The predicted octanol–water partition coefficient (Wildman–Crippen LogP) is 5.16. The summed E-state index contributed by atoms with van der Waals surface area (Å²) in [5, 5.41) is 2.98. The first kappa shape index (κ1) is 22.6. The molecule has 0 saturated carbocycles. The van der Waals surface area contributed by atoms with Crippen molar-refractivity contribution in [3.8, 4) is 0 Å². The standard InChI is InChI=1S/C25H28N2O3S/c1-5-20-9-12-21(13-10-20)19(4)26-25(28)22-11-8-18(3)24(16-22)27-31(29,30)23-14-6-17(2)7-15-23/h6-16,19,27H,5H2,1-4H3,(H,26,28). The second-order valence-electron chi connectivity index (χ2n) is 7.74. The minimum atomic E-state index is -3.75. The molecule has 1 amide bonds. The van der Waals surface area contributed by atoms with Gasteiger partial charge < -0.3 is 5.32 Å². The fraction of sp³-hybridized carbons (Fsp3) is 0.240. The van der Waals surface area contributed by atoms with E-state index >= 15 is 0 Å². The lowest BCUT2D eigenvalue weighted by atomic mass is 10.0. The zero-order valence-electron chi connectivity index (χ0n) is 18.3. The van der Waals surface area contributed by atoms with Gasteiger partial charge in [-0.3, -0.25) is 9.52 Å². The second kappa shape index (κ2) is 9.35. The Morgan fingerprint density at radius 3 is 2.19 bits per heavy atom. The second-order valence-corrected chi connectivity index (χ2v) is 9.42. The highest BCUT2D eigenvalue weighted by molar-refractivity contribution is 7.92. The number of benzene rings is 3. The van der Waals surface area contributed by atoms with Gasteiger partial charge in [-0.15, -0.1) is 0 Å². The monoisotopic (exact) mass is 436 g/mol. The van der Waals surface area contributed by atoms with E-state index in [-0.39, 0.29) is 16.8 Å². The lowest BCUT2D eigenvalue weighted by Gasteiger charge is -2.16. The van der Waals surface area contributed by atoms with Crippen molar-refractivity contribution in [2.75, 3.05) is 4.72 Å². The van der Waals surface area contributed by atoms with Crippen LogP contribution in [0.3, 0.4) is 0 Å². The van der Waals surface area contributed by atoms with Crippen molar-refractivity contribution in [2.24, 2.45) is 0 Å². The topological polar surface area (TPSA) is 75.3 Å². The molecule has 3 aromatic carbocycles. The summed E-state index contributed by atoms with van der Waals surface area (Å²) in [6.07, 6.45) is 0.964. The summed E-state index contributed by atoms with van der Waals surface area (Å²) < 4.78 is 28.1. The maximum atomic E-state index is 12.8. The van der Waals surface area contributed by atoms with Crippen molar-refractivity contribution in [1.82, 2.24) is 5.32 Å². The maximum absolute atomic E-state index is 12.8. The third kappa shape index (κ3) is 5.52. The van der Waals surface area contributed by atoms with Crippen LogP contribution in [0.15, 0.2) is 71.6 Å². The summed E-state index contributed by atoms with van der Waals surface area (Å²) in [7, 11) is -3.75. The first-order chi connectivity index (χ1) is 14.7. The molecule has 0 aliphatic heterocycles. The molecular weight excluding hydrogens is 408 g/mol. The van der Waals surface area contributed by atoms with E-state index in [1.165, 1.54) is 5.56 Å². The lowest BCUT2D eigenvalue weighted by Crippen LogP contribution is -2.26. The van der Waals surface area contributed by atoms with E-state index in [9.17, 15) is 13.2 Å². The van der Waals surface area contributed by atoms with Gasteiger partial charge in [-0.25, -0.2) is 8.42 Å². The normalized spacial score (nSPS) is 12.3. The van der Waals surface area contributed by atoms with Crippen LogP contribution >= 0.6 is 0 Å². The molecule has 31 heavy (non-hydrogen) atoms. The van der Waals surface area contributed by atoms with E-state index in [4.69, 9.17) is 0 Å². The number of aryl methyl sites for hydroxylation is 3. The molecule has 2 N–H and O–H groups in total. The predicted molar refractivity (Wildman–Crippen MR) is 125 cm³/mol. The molecular formula is C25H28N2O3S. The quantitative estimate of drug-likeness (QED) is 0.537. The summed E-state index contributed by atoms with van der Waals surface area (Å²) >= 11 is 0. The summed E-state index contributed by atoms with van der Waals surface area (Å²) in [6, 6.07) is 19.6. The molecule has 0 fully saturated rings. The summed E-state index contributed by atoms with van der Waals surface area (Å²) in [5.41, 5.74) is 4.74. The molecule has 162 valence electrons. The maximum Gasteiger partial charge on any atom is 0.261 e. The number of amides is 1. The molecule has 0 aliphatic rings. The van der Waals surface area contributed by atoms with E-state index in [1.54, 1.807) is 49.4 Å². The minimum absolute atomic E-state index is 0.174. The smallest absolute Gasteiger partial charge is 0.261 e. The Labute approximate surface area is 184 Å². The van der Waals surface area contributed by atoms with Gasteiger partial charge in [-0.2, -0.15) is 0 Å². The average molecular weight is 437 g/mol. The molecule has 0 saturated heterocycles. The van der Waals surface area contributed by atoms with E-state index in [1.807, 2.05) is 26.0 Å². The van der Waals surface area contributed by atoms with Crippen LogP contribution in [-0.4, -0.2) is 14.3 Å². The van der Waals surface area contributed by atoms with Gasteiger partial charge in [0.2, 0.25) is 0 Å². The highest BCUT2D eigenvalue weighted by Crippen LogP contribution is 2.22. The van der Waals surface area contributed by atoms with Crippen LogP contribution in [0.1, 0.15) is 52.5 Å². The van der Waals surface area contributed by atoms with Gasteiger partial charge in [0.05, 0.1) is 16.6 Å². The Bertz CT molecular complexity index is 1170. The van der Waals surface area contributed by atoms with Crippen molar-refractivity contribution in [3.63, 3.8) is 0 Å². The number of carbonyl (C=O) groups is 1. The number of hydrogen-bond donors (Lipinski definition) is 2. The first-order valence-corrected chi connectivity index (χ1v) is 11.8.